The van der Waals surface area contributed by atoms with Crippen molar-refractivity contribution >= 4 is 29.4 Å². The molecule has 2 fully saturated rings. The van der Waals surface area contributed by atoms with E-state index in [-0.39, 0.29) is 17.4 Å². The van der Waals surface area contributed by atoms with Gasteiger partial charge in [0.15, 0.2) is 17.0 Å². The summed E-state index contributed by atoms with van der Waals surface area (Å²) >= 11 is 1.57. The summed E-state index contributed by atoms with van der Waals surface area (Å²) in [6.07, 6.45) is 6.56. The van der Waals surface area contributed by atoms with Gasteiger partial charge >= 0.3 is 0 Å². The zero-order chi connectivity index (χ0) is 21.8. The molecule has 2 aliphatic rings. The molecule has 1 unspecified atom stereocenters. The maximum Gasteiger partial charge on any atom is 0.262 e. The minimum absolute atomic E-state index is 0.0852. The van der Waals surface area contributed by atoms with E-state index in [1.807, 2.05) is 54.6 Å². The number of hydrogen-bond acceptors (Lipinski definition) is 5. The fourth-order valence-corrected chi connectivity index (χ4v) is 5.74. The number of hydrogen-bond donors (Lipinski definition) is 1. The van der Waals surface area contributed by atoms with Crippen LogP contribution in [0, 0.1) is 5.92 Å². The average Bonchev–Trinajstić information content (AvgIpc) is 3.09. The Labute approximate surface area is 188 Å². The van der Waals surface area contributed by atoms with Crippen molar-refractivity contribution in [2.75, 3.05) is 19.5 Å². The second-order valence-corrected chi connectivity index (χ2v) is 9.24. The maximum absolute atomic E-state index is 13.6. The van der Waals surface area contributed by atoms with Crippen LogP contribution in [0.15, 0.2) is 53.4 Å². The van der Waals surface area contributed by atoms with Crippen molar-refractivity contribution in [3.8, 4) is 11.5 Å². The number of anilines is 1. The van der Waals surface area contributed by atoms with Crippen LogP contribution in [-0.2, 0) is 4.79 Å². The molecule has 1 saturated heterocycles. The first-order valence-electron chi connectivity index (χ1n) is 10.9. The largest absolute Gasteiger partial charge is 0.493 e. The Morgan fingerprint density at radius 2 is 1.81 bits per heavy atom. The van der Waals surface area contributed by atoms with Crippen LogP contribution in [0.1, 0.15) is 38.2 Å². The van der Waals surface area contributed by atoms with Gasteiger partial charge in [0.2, 0.25) is 0 Å². The van der Waals surface area contributed by atoms with E-state index >= 15 is 0 Å². The molecule has 1 amide bonds. The van der Waals surface area contributed by atoms with Crippen LogP contribution >= 0.6 is 11.8 Å². The third-order valence-corrected chi connectivity index (χ3v) is 7.26. The molecule has 5 nitrogen and oxygen atoms in total. The van der Waals surface area contributed by atoms with E-state index in [2.05, 4.69) is 17.1 Å². The number of carbonyl (C=O) groups excluding carboxylic acids is 1. The summed E-state index contributed by atoms with van der Waals surface area (Å²) in [6.45, 7) is 2.27. The Kier molecular flexibility index (Phi) is 6.76. The molecule has 0 radical (unpaired) electrons. The molecular weight excluding hydrogens is 408 g/mol. The van der Waals surface area contributed by atoms with E-state index in [1.54, 1.807) is 26.0 Å². The van der Waals surface area contributed by atoms with E-state index in [0.717, 1.165) is 22.6 Å². The first kappa shape index (κ1) is 21.6. The standard InChI is InChI=1S/C25H30N2O3S/c1-17-10-7-8-14-20(17)27-24(28)22(31-25(27)26-19-12-5-4-6-13-19)16-18-11-9-15-21(29-2)23(18)30-3/h4-6,9,11-13,15-17,20,25-26H,7-8,10,14H2,1-3H3/b22-16-/t17-,20+,25?/m1/s1. The molecular formula is C25H30N2O3S. The van der Waals surface area contributed by atoms with Crippen molar-refractivity contribution in [3.63, 3.8) is 0 Å². The highest BCUT2D eigenvalue weighted by Gasteiger charge is 2.43. The lowest BCUT2D eigenvalue weighted by Crippen LogP contribution is -2.48. The topological polar surface area (TPSA) is 50.8 Å². The lowest BCUT2D eigenvalue weighted by molar-refractivity contribution is -0.129. The molecule has 3 atom stereocenters. The number of nitrogens with zero attached hydrogens (tertiary/aromatic N) is 1. The van der Waals surface area contributed by atoms with Gasteiger partial charge in [-0.25, -0.2) is 0 Å². The van der Waals surface area contributed by atoms with Gasteiger partial charge in [-0.05, 0) is 43.0 Å². The van der Waals surface area contributed by atoms with Crippen LogP contribution in [0.2, 0.25) is 0 Å². The molecule has 0 spiro atoms. The summed E-state index contributed by atoms with van der Waals surface area (Å²) in [5, 5.41) is 3.58. The molecule has 1 saturated carbocycles. The minimum Gasteiger partial charge on any atom is -0.493 e. The second kappa shape index (κ2) is 9.69. The van der Waals surface area contributed by atoms with E-state index < -0.39 is 0 Å². The molecule has 6 heteroatoms. The van der Waals surface area contributed by atoms with Crippen molar-refractivity contribution < 1.29 is 14.3 Å². The zero-order valence-electron chi connectivity index (χ0n) is 18.3. The fraction of sp³-hybridized carbons (Fsp3) is 0.400. The molecule has 1 heterocycles. The summed E-state index contributed by atoms with van der Waals surface area (Å²) in [5.41, 5.74) is 1.72. The SMILES string of the molecule is COc1cccc(/C=C2\SC(Nc3ccccc3)N([C@H]3CCCC[C@H]3C)C2=O)c1OC. The van der Waals surface area contributed by atoms with Gasteiger partial charge in [-0.1, -0.05) is 61.9 Å². The van der Waals surface area contributed by atoms with Crippen molar-refractivity contribution in [1.29, 1.82) is 0 Å². The lowest BCUT2D eigenvalue weighted by atomic mass is 9.85. The Balaban J connectivity index is 1.69. The van der Waals surface area contributed by atoms with Gasteiger partial charge in [-0.15, -0.1) is 0 Å². The van der Waals surface area contributed by atoms with Crippen molar-refractivity contribution in [1.82, 2.24) is 4.90 Å². The van der Waals surface area contributed by atoms with Crippen LogP contribution in [-0.4, -0.2) is 36.6 Å². The van der Waals surface area contributed by atoms with Crippen LogP contribution < -0.4 is 14.8 Å². The molecule has 4 rings (SSSR count). The Hall–Kier alpha value is -2.60. The van der Waals surface area contributed by atoms with Gasteiger partial charge in [0.05, 0.1) is 19.1 Å². The van der Waals surface area contributed by atoms with Crippen molar-refractivity contribution in [3.05, 3.63) is 59.0 Å². The van der Waals surface area contributed by atoms with Gasteiger partial charge in [0.25, 0.3) is 5.91 Å². The Morgan fingerprint density at radius 1 is 1.03 bits per heavy atom. The molecule has 164 valence electrons. The number of para-hydroxylation sites is 2. The first-order valence-corrected chi connectivity index (χ1v) is 11.7. The first-order chi connectivity index (χ1) is 15.1. The molecule has 1 aliphatic heterocycles. The van der Waals surface area contributed by atoms with E-state index in [0.29, 0.717) is 17.4 Å². The Morgan fingerprint density at radius 3 is 2.52 bits per heavy atom. The quantitative estimate of drug-likeness (QED) is 0.596. The van der Waals surface area contributed by atoms with Gasteiger partial charge in [0, 0.05) is 17.3 Å². The second-order valence-electron chi connectivity index (χ2n) is 8.11. The highest BCUT2D eigenvalue weighted by atomic mass is 32.2. The molecule has 2 aromatic carbocycles. The fourth-order valence-electron chi connectivity index (χ4n) is 4.53. The van der Waals surface area contributed by atoms with Gasteiger partial charge in [-0.3, -0.25) is 4.79 Å². The number of thioether (sulfide) groups is 1. The van der Waals surface area contributed by atoms with Gasteiger partial charge < -0.3 is 19.7 Å². The molecule has 1 aliphatic carbocycles. The predicted molar refractivity (Wildman–Crippen MR) is 127 cm³/mol. The normalized spacial score (nSPS) is 25.0. The van der Waals surface area contributed by atoms with Crippen LogP contribution in [0.4, 0.5) is 5.69 Å². The van der Waals surface area contributed by atoms with Crippen LogP contribution in [0.5, 0.6) is 11.5 Å². The van der Waals surface area contributed by atoms with E-state index in [4.69, 9.17) is 9.47 Å². The summed E-state index contributed by atoms with van der Waals surface area (Å²) in [6, 6.07) is 16.1. The van der Waals surface area contributed by atoms with Crippen LogP contribution in [0.3, 0.4) is 0 Å². The van der Waals surface area contributed by atoms with Gasteiger partial charge in [0.1, 0.15) is 0 Å². The number of amides is 1. The molecule has 2 aromatic rings. The average molecular weight is 439 g/mol. The third kappa shape index (κ3) is 4.54. The number of rotatable bonds is 6. The van der Waals surface area contributed by atoms with Crippen LogP contribution in [0.25, 0.3) is 6.08 Å². The zero-order valence-corrected chi connectivity index (χ0v) is 19.2. The summed E-state index contributed by atoms with van der Waals surface area (Å²) in [4.78, 5) is 16.4. The molecule has 31 heavy (non-hydrogen) atoms. The van der Waals surface area contributed by atoms with Crippen molar-refractivity contribution in [2.24, 2.45) is 5.92 Å². The number of ether oxygens (including phenoxy) is 2. The molecule has 0 bridgehead atoms. The minimum atomic E-state index is -0.136. The van der Waals surface area contributed by atoms with E-state index in [1.165, 1.54) is 19.3 Å². The summed E-state index contributed by atoms with van der Waals surface area (Å²) < 4.78 is 11.0. The predicted octanol–water partition coefficient (Wildman–Crippen LogP) is 5.59. The monoisotopic (exact) mass is 438 g/mol. The molecule has 0 aromatic heterocycles. The number of benzene rings is 2. The summed E-state index contributed by atoms with van der Waals surface area (Å²) in [7, 11) is 3.25. The van der Waals surface area contributed by atoms with E-state index in [9.17, 15) is 4.79 Å². The third-order valence-electron chi connectivity index (χ3n) is 6.14. The van der Waals surface area contributed by atoms with Gasteiger partial charge in [-0.2, -0.15) is 0 Å². The number of carbonyl (C=O) groups is 1. The Bertz CT molecular complexity index is 947. The number of methoxy groups -OCH3 is 2. The number of nitrogens with one attached hydrogen (secondary N) is 1. The summed E-state index contributed by atoms with van der Waals surface area (Å²) in [5.74, 6) is 1.87. The molecule has 1 N–H and O–H groups in total. The smallest absolute Gasteiger partial charge is 0.262 e. The maximum atomic E-state index is 13.6. The van der Waals surface area contributed by atoms with Crippen molar-refractivity contribution in [2.45, 2.75) is 44.1 Å². The highest BCUT2D eigenvalue weighted by molar-refractivity contribution is 8.05. The lowest BCUT2D eigenvalue weighted by Gasteiger charge is -2.39. The highest BCUT2D eigenvalue weighted by Crippen LogP contribution is 2.43.